The van der Waals surface area contributed by atoms with Crippen LogP contribution in [-0.2, 0) is 32.6 Å². The Balaban J connectivity index is 2.01. The van der Waals surface area contributed by atoms with Crippen LogP contribution in [0.5, 0.6) is 0 Å². The van der Waals surface area contributed by atoms with Gasteiger partial charge in [0.25, 0.3) is 0 Å². The van der Waals surface area contributed by atoms with Crippen molar-refractivity contribution in [1.29, 1.82) is 0 Å². The second-order valence-electron chi connectivity index (χ2n) is 9.60. The number of nitrogens with one attached hydrogen (secondary N) is 1. The summed E-state index contributed by atoms with van der Waals surface area (Å²) in [4.78, 5) is 29.0. The molecule has 0 bridgehead atoms. The average Bonchev–Trinajstić information content (AvgIpc) is 2.89. The summed E-state index contributed by atoms with van der Waals surface area (Å²) in [6.45, 7) is 4.19. The maximum absolute atomic E-state index is 13.9. The van der Waals surface area contributed by atoms with Crippen molar-refractivity contribution in [3.8, 4) is 0 Å². The molecule has 0 aliphatic heterocycles. The lowest BCUT2D eigenvalue weighted by Gasteiger charge is -2.33. The van der Waals surface area contributed by atoms with Crippen LogP contribution in [0.2, 0.25) is 0 Å². The molecule has 0 radical (unpaired) electrons. The number of anilines is 1. The first-order valence-corrected chi connectivity index (χ1v) is 15.1. The number of nitrogens with zero attached hydrogens (tertiary/aromatic N) is 2. The summed E-state index contributed by atoms with van der Waals surface area (Å²) >= 11 is 3.36. The Labute approximate surface area is 234 Å². The first kappa shape index (κ1) is 29.4. The van der Waals surface area contributed by atoms with Gasteiger partial charge in [-0.2, -0.15) is 0 Å². The fourth-order valence-electron chi connectivity index (χ4n) is 3.98. The molecular formula is C29H34BrN3O4S. The molecule has 0 saturated carbocycles. The Bertz CT molecular complexity index is 1300. The van der Waals surface area contributed by atoms with Gasteiger partial charge in [0.15, 0.2) is 0 Å². The van der Waals surface area contributed by atoms with Crippen LogP contribution in [0.3, 0.4) is 0 Å². The van der Waals surface area contributed by atoms with E-state index in [1.165, 1.54) is 4.90 Å². The topological polar surface area (TPSA) is 86.8 Å². The monoisotopic (exact) mass is 599 g/mol. The summed E-state index contributed by atoms with van der Waals surface area (Å²) in [6.07, 6.45) is 1.36. The van der Waals surface area contributed by atoms with E-state index in [4.69, 9.17) is 0 Å². The van der Waals surface area contributed by atoms with Gasteiger partial charge in [0.1, 0.15) is 12.6 Å². The number of benzene rings is 3. The van der Waals surface area contributed by atoms with Gasteiger partial charge in [-0.25, -0.2) is 8.42 Å². The largest absolute Gasteiger partial charge is 0.354 e. The number of carbonyl (C=O) groups excluding carboxylic acids is 2. The van der Waals surface area contributed by atoms with Gasteiger partial charge >= 0.3 is 0 Å². The number of halogens is 1. The summed E-state index contributed by atoms with van der Waals surface area (Å²) in [7, 11) is -3.79. The zero-order valence-corrected chi connectivity index (χ0v) is 24.3. The third-order valence-corrected chi connectivity index (χ3v) is 7.61. The molecule has 38 heavy (non-hydrogen) atoms. The first-order chi connectivity index (χ1) is 18.0. The molecule has 202 valence electrons. The lowest BCUT2D eigenvalue weighted by Crippen LogP contribution is -2.53. The average molecular weight is 601 g/mol. The van der Waals surface area contributed by atoms with Crippen LogP contribution in [0.25, 0.3) is 0 Å². The minimum atomic E-state index is -3.79. The van der Waals surface area contributed by atoms with E-state index < -0.39 is 28.5 Å². The second kappa shape index (κ2) is 13.6. The second-order valence-corrected chi connectivity index (χ2v) is 12.4. The lowest BCUT2D eigenvalue weighted by atomic mass is 10.0. The number of hydrogen-bond donors (Lipinski definition) is 1. The molecule has 0 aliphatic carbocycles. The Morgan fingerprint density at radius 1 is 0.868 bits per heavy atom. The fraction of sp³-hybridized carbons (Fsp3) is 0.310. The van der Waals surface area contributed by atoms with Gasteiger partial charge in [-0.3, -0.25) is 13.9 Å². The van der Waals surface area contributed by atoms with Crippen LogP contribution in [0.15, 0.2) is 89.4 Å². The molecule has 0 aromatic heterocycles. The quantitative estimate of drug-likeness (QED) is 0.329. The number of hydrogen-bond acceptors (Lipinski definition) is 4. The smallest absolute Gasteiger partial charge is 0.244 e. The molecule has 0 saturated heterocycles. The van der Waals surface area contributed by atoms with E-state index in [2.05, 4.69) is 21.2 Å². The van der Waals surface area contributed by atoms with Gasteiger partial charge < -0.3 is 10.2 Å². The molecule has 3 aromatic carbocycles. The van der Waals surface area contributed by atoms with Crippen molar-refractivity contribution < 1.29 is 18.0 Å². The molecule has 0 unspecified atom stereocenters. The van der Waals surface area contributed by atoms with E-state index in [-0.39, 0.29) is 18.4 Å². The maximum Gasteiger partial charge on any atom is 0.244 e. The van der Waals surface area contributed by atoms with Crippen molar-refractivity contribution >= 4 is 43.5 Å². The molecule has 0 fully saturated rings. The predicted octanol–water partition coefficient (Wildman–Crippen LogP) is 4.63. The van der Waals surface area contributed by atoms with Gasteiger partial charge in [0.2, 0.25) is 21.8 Å². The van der Waals surface area contributed by atoms with Crippen LogP contribution >= 0.6 is 15.9 Å². The Hall–Kier alpha value is -3.17. The van der Waals surface area contributed by atoms with Gasteiger partial charge in [-0.05, 0) is 41.3 Å². The van der Waals surface area contributed by atoms with E-state index >= 15 is 0 Å². The van der Waals surface area contributed by atoms with Crippen molar-refractivity contribution in [2.75, 3.05) is 23.7 Å². The predicted molar refractivity (Wildman–Crippen MR) is 155 cm³/mol. The summed E-state index contributed by atoms with van der Waals surface area (Å²) in [5, 5.41) is 2.98. The van der Waals surface area contributed by atoms with Crippen molar-refractivity contribution in [2.24, 2.45) is 5.92 Å². The van der Waals surface area contributed by atoms with Crippen LogP contribution in [0, 0.1) is 5.92 Å². The van der Waals surface area contributed by atoms with Crippen LogP contribution in [0.4, 0.5) is 5.69 Å². The van der Waals surface area contributed by atoms with E-state index in [0.717, 1.165) is 26.2 Å². The third kappa shape index (κ3) is 8.70. The van der Waals surface area contributed by atoms with E-state index in [9.17, 15) is 18.0 Å². The number of rotatable bonds is 12. The summed E-state index contributed by atoms with van der Waals surface area (Å²) in [5.74, 6) is -0.517. The molecule has 0 spiro atoms. The molecule has 0 heterocycles. The lowest BCUT2D eigenvalue weighted by molar-refractivity contribution is -0.140. The molecule has 0 aliphatic rings. The highest BCUT2D eigenvalue weighted by Gasteiger charge is 2.33. The van der Waals surface area contributed by atoms with E-state index in [0.29, 0.717) is 18.7 Å². The highest BCUT2D eigenvalue weighted by atomic mass is 79.9. The minimum Gasteiger partial charge on any atom is -0.354 e. The highest BCUT2D eigenvalue weighted by Crippen LogP contribution is 2.22. The molecular weight excluding hydrogens is 566 g/mol. The molecule has 1 atom stereocenters. The molecule has 7 nitrogen and oxygen atoms in total. The highest BCUT2D eigenvalue weighted by molar-refractivity contribution is 9.10. The van der Waals surface area contributed by atoms with Crippen LogP contribution in [-0.4, -0.2) is 50.5 Å². The number of sulfonamides is 1. The zero-order valence-electron chi connectivity index (χ0n) is 21.9. The Kier molecular flexibility index (Phi) is 10.5. The molecule has 2 amide bonds. The number of amides is 2. The summed E-state index contributed by atoms with van der Waals surface area (Å²) in [6, 6.07) is 24.8. The molecule has 9 heteroatoms. The summed E-state index contributed by atoms with van der Waals surface area (Å²) < 4.78 is 27.4. The van der Waals surface area contributed by atoms with Gasteiger partial charge in [-0.15, -0.1) is 0 Å². The van der Waals surface area contributed by atoms with Crippen LogP contribution < -0.4 is 9.62 Å². The van der Waals surface area contributed by atoms with Crippen LogP contribution in [0.1, 0.15) is 25.0 Å². The normalized spacial score (nSPS) is 12.1. The fourth-order valence-corrected chi connectivity index (χ4v) is 5.09. The molecule has 3 rings (SSSR count). The third-order valence-electron chi connectivity index (χ3n) is 5.95. The van der Waals surface area contributed by atoms with Crippen molar-refractivity contribution in [2.45, 2.75) is 32.9 Å². The van der Waals surface area contributed by atoms with Crippen molar-refractivity contribution in [3.05, 3.63) is 101 Å². The first-order valence-electron chi connectivity index (χ1n) is 12.4. The van der Waals surface area contributed by atoms with E-state index in [1.54, 1.807) is 24.3 Å². The van der Waals surface area contributed by atoms with Crippen molar-refractivity contribution in [1.82, 2.24) is 10.2 Å². The van der Waals surface area contributed by atoms with Gasteiger partial charge in [-0.1, -0.05) is 90.4 Å². The SMILES string of the molecule is CC(C)CNC(=O)[C@H](Cc1ccccc1)N(Cc1ccccc1)C(=O)CN(c1ccc(Br)cc1)S(C)(=O)=O. The van der Waals surface area contributed by atoms with E-state index in [1.807, 2.05) is 74.5 Å². The Morgan fingerprint density at radius 3 is 1.95 bits per heavy atom. The van der Waals surface area contributed by atoms with Gasteiger partial charge in [0, 0.05) is 24.0 Å². The zero-order chi connectivity index (χ0) is 27.7. The minimum absolute atomic E-state index is 0.157. The number of carbonyl (C=O) groups is 2. The maximum atomic E-state index is 13.9. The Morgan fingerprint density at radius 2 is 1.42 bits per heavy atom. The summed E-state index contributed by atoms with van der Waals surface area (Å²) in [5.41, 5.74) is 2.11. The standard InChI is InChI=1S/C29H34BrN3O4S/c1-22(2)19-31-29(35)27(18-23-10-6-4-7-11-23)32(20-24-12-8-5-9-13-24)28(34)21-33(38(3,36)37)26-16-14-25(30)15-17-26/h4-17,22,27H,18-21H2,1-3H3,(H,31,35)/t27-/m0/s1. The molecule has 3 aromatic rings. The van der Waals surface area contributed by atoms with Crippen molar-refractivity contribution in [3.63, 3.8) is 0 Å². The molecule has 1 N–H and O–H groups in total. The van der Waals surface area contributed by atoms with Gasteiger partial charge in [0.05, 0.1) is 11.9 Å².